The lowest BCUT2D eigenvalue weighted by atomic mass is 9.97. The number of carboxylic acids is 1. The molecule has 0 aromatic rings. The van der Waals surface area contributed by atoms with Crippen LogP contribution in [0.2, 0.25) is 0 Å². The van der Waals surface area contributed by atoms with E-state index >= 15 is 0 Å². The normalized spacial score (nSPS) is 22.0. The minimum atomic E-state index is -0.943. The molecule has 0 saturated heterocycles. The van der Waals surface area contributed by atoms with E-state index in [0.717, 1.165) is 12.8 Å². The highest BCUT2D eigenvalue weighted by Crippen LogP contribution is 2.23. The van der Waals surface area contributed by atoms with Gasteiger partial charge in [0, 0.05) is 12.5 Å². The standard InChI is InChI=1S/C15H21NO3/c1-3-6-12-8-5-9-13(7-4-2)16(12)14(17)10-11-15(18)19/h3-5,8,12-13H,1-2,6-7,9-11H2,(H,18,19)/t12-,13+/m0/s1. The van der Waals surface area contributed by atoms with Crippen molar-refractivity contribution in [3.63, 3.8) is 0 Å². The van der Waals surface area contributed by atoms with Crippen molar-refractivity contribution in [2.45, 2.75) is 44.2 Å². The first-order chi connectivity index (χ1) is 9.10. The molecule has 0 unspecified atom stereocenters. The monoisotopic (exact) mass is 263 g/mol. The maximum Gasteiger partial charge on any atom is 0.303 e. The Bertz CT molecular complexity index is 387. The summed E-state index contributed by atoms with van der Waals surface area (Å²) in [6.07, 6.45) is 9.77. The van der Waals surface area contributed by atoms with Gasteiger partial charge in [0.2, 0.25) is 5.91 Å². The smallest absolute Gasteiger partial charge is 0.303 e. The first kappa shape index (κ1) is 15.2. The molecule has 0 fully saturated rings. The summed E-state index contributed by atoms with van der Waals surface area (Å²) in [6.45, 7) is 7.43. The highest BCUT2D eigenvalue weighted by atomic mass is 16.4. The van der Waals surface area contributed by atoms with Gasteiger partial charge in [0.1, 0.15) is 0 Å². The summed E-state index contributed by atoms with van der Waals surface area (Å²) in [5, 5.41) is 8.68. The Morgan fingerprint density at radius 3 is 2.53 bits per heavy atom. The second kappa shape index (κ2) is 7.56. The molecule has 0 aromatic carbocycles. The predicted octanol–water partition coefficient (Wildman–Crippen LogP) is 2.53. The lowest BCUT2D eigenvalue weighted by Crippen LogP contribution is -2.48. The number of aliphatic carboxylic acids is 1. The zero-order valence-electron chi connectivity index (χ0n) is 11.1. The van der Waals surface area contributed by atoms with Gasteiger partial charge in [-0.25, -0.2) is 0 Å². The molecule has 1 amide bonds. The Balaban J connectivity index is 2.81. The van der Waals surface area contributed by atoms with Crippen molar-refractivity contribution in [1.82, 2.24) is 4.90 Å². The van der Waals surface area contributed by atoms with E-state index in [9.17, 15) is 9.59 Å². The molecular formula is C15H21NO3. The molecule has 0 aliphatic carbocycles. The van der Waals surface area contributed by atoms with Gasteiger partial charge in [-0.3, -0.25) is 9.59 Å². The van der Waals surface area contributed by atoms with Crippen LogP contribution in [-0.2, 0) is 9.59 Å². The van der Waals surface area contributed by atoms with Gasteiger partial charge < -0.3 is 10.0 Å². The van der Waals surface area contributed by atoms with E-state index in [1.54, 1.807) is 17.1 Å². The molecule has 1 N–H and O–H groups in total. The fourth-order valence-electron chi connectivity index (χ4n) is 2.37. The van der Waals surface area contributed by atoms with E-state index in [-0.39, 0.29) is 30.8 Å². The molecule has 1 heterocycles. The van der Waals surface area contributed by atoms with E-state index in [4.69, 9.17) is 5.11 Å². The third-order valence-electron chi connectivity index (χ3n) is 3.20. The Morgan fingerprint density at radius 2 is 1.95 bits per heavy atom. The number of hydrogen-bond acceptors (Lipinski definition) is 2. The summed E-state index contributed by atoms with van der Waals surface area (Å²) < 4.78 is 0. The average Bonchev–Trinajstić information content (AvgIpc) is 2.37. The van der Waals surface area contributed by atoms with Gasteiger partial charge in [-0.1, -0.05) is 24.3 Å². The van der Waals surface area contributed by atoms with Crippen LogP contribution in [-0.4, -0.2) is 34.0 Å². The molecule has 1 rings (SSSR count). The largest absolute Gasteiger partial charge is 0.481 e. The number of hydrogen-bond donors (Lipinski definition) is 1. The van der Waals surface area contributed by atoms with Crippen LogP contribution in [0.3, 0.4) is 0 Å². The van der Waals surface area contributed by atoms with Gasteiger partial charge in [0.15, 0.2) is 0 Å². The molecule has 0 bridgehead atoms. The van der Waals surface area contributed by atoms with Crippen molar-refractivity contribution >= 4 is 11.9 Å². The number of rotatable bonds is 7. The zero-order valence-corrected chi connectivity index (χ0v) is 11.1. The molecule has 4 heteroatoms. The molecule has 104 valence electrons. The molecule has 0 aromatic heterocycles. The molecule has 0 radical (unpaired) electrons. The van der Waals surface area contributed by atoms with Crippen LogP contribution in [0.15, 0.2) is 37.5 Å². The van der Waals surface area contributed by atoms with E-state index < -0.39 is 5.97 Å². The van der Waals surface area contributed by atoms with Crippen molar-refractivity contribution in [2.75, 3.05) is 0 Å². The first-order valence-electron chi connectivity index (χ1n) is 6.51. The highest BCUT2D eigenvalue weighted by Gasteiger charge is 2.29. The fraction of sp³-hybridized carbons (Fsp3) is 0.467. The molecule has 1 aliphatic heterocycles. The van der Waals surface area contributed by atoms with Crippen molar-refractivity contribution in [1.29, 1.82) is 0 Å². The average molecular weight is 263 g/mol. The van der Waals surface area contributed by atoms with Crippen molar-refractivity contribution in [3.05, 3.63) is 37.5 Å². The van der Waals surface area contributed by atoms with Gasteiger partial charge >= 0.3 is 5.97 Å². The summed E-state index contributed by atoms with van der Waals surface area (Å²) in [6, 6.07) is 0.0613. The first-order valence-corrected chi connectivity index (χ1v) is 6.51. The molecule has 0 saturated carbocycles. The number of carboxylic acid groups (broad SMARTS) is 1. The van der Waals surface area contributed by atoms with Gasteiger partial charge in [0.25, 0.3) is 0 Å². The third kappa shape index (κ3) is 4.39. The van der Waals surface area contributed by atoms with E-state index in [2.05, 4.69) is 19.2 Å². The lowest BCUT2D eigenvalue weighted by molar-refractivity contribution is -0.142. The van der Waals surface area contributed by atoms with Gasteiger partial charge in [-0.05, 0) is 19.3 Å². The molecule has 19 heavy (non-hydrogen) atoms. The second-order valence-electron chi connectivity index (χ2n) is 4.63. The van der Waals surface area contributed by atoms with Crippen LogP contribution in [0.4, 0.5) is 0 Å². The molecule has 0 spiro atoms. The highest BCUT2D eigenvalue weighted by molar-refractivity contribution is 5.81. The molecule has 4 nitrogen and oxygen atoms in total. The third-order valence-corrected chi connectivity index (χ3v) is 3.20. The number of nitrogens with zero attached hydrogens (tertiary/aromatic N) is 1. The topological polar surface area (TPSA) is 57.6 Å². The van der Waals surface area contributed by atoms with Crippen LogP contribution in [0, 0.1) is 0 Å². The Labute approximate surface area is 114 Å². The van der Waals surface area contributed by atoms with Gasteiger partial charge in [-0.2, -0.15) is 0 Å². The minimum Gasteiger partial charge on any atom is -0.481 e. The predicted molar refractivity (Wildman–Crippen MR) is 74.7 cm³/mol. The second-order valence-corrected chi connectivity index (χ2v) is 4.63. The van der Waals surface area contributed by atoms with Crippen LogP contribution >= 0.6 is 0 Å². The summed E-state index contributed by atoms with van der Waals surface area (Å²) in [4.78, 5) is 24.6. The van der Waals surface area contributed by atoms with Crippen LogP contribution in [0.5, 0.6) is 0 Å². The number of carbonyl (C=O) groups is 2. The Kier molecular flexibility index (Phi) is 6.06. The van der Waals surface area contributed by atoms with Crippen LogP contribution in [0.25, 0.3) is 0 Å². The van der Waals surface area contributed by atoms with Crippen molar-refractivity contribution < 1.29 is 14.7 Å². The van der Waals surface area contributed by atoms with Crippen LogP contribution < -0.4 is 0 Å². The summed E-state index contributed by atoms with van der Waals surface area (Å²) in [5.74, 6) is -1.05. The van der Waals surface area contributed by atoms with E-state index in [0.29, 0.717) is 6.42 Å². The van der Waals surface area contributed by atoms with Gasteiger partial charge in [-0.15, -0.1) is 13.2 Å². The lowest BCUT2D eigenvalue weighted by Gasteiger charge is -2.39. The summed E-state index contributed by atoms with van der Waals surface area (Å²) in [7, 11) is 0. The van der Waals surface area contributed by atoms with Crippen LogP contribution in [0.1, 0.15) is 32.1 Å². The van der Waals surface area contributed by atoms with Gasteiger partial charge in [0.05, 0.1) is 12.5 Å². The molecule has 1 aliphatic rings. The summed E-state index contributed by atoms with van der Waals surface area (Å²) >= 11 is 0. The number of carbonyl (C=O) groups excluding carboxylic acids is 1. The van der Waals surface area contributed by atoms with E-state index in [1.165, 1.54) is 0 Å². The van der Waals surface area contributed by atoms with E-state index in [1.807, 2.05) is 6.08 Å². The molecular weight excluding hydrogens is 242 g/mol. The summed E-state index contributed by atoms with van der Waals surface area (Å²) in [5.41, 5.74) is 0. The SMILES string of the molecule is C=CC[C@@H]1CC=C[C@H](CC=C)N1C(=O)CCC(=O)O. The Hall–Kier alpha value is -1.84. The maximum absolute atomic E-state index is 12.2. The minimum absolute atomic E-state index is 0.0162. The zero-order chi connectivity index (χ0) is 14.3. The maximum atomic E-state index is 12.2. The van der Waals surface area contributed by atoms with Crippen molar-refractivity contribution in [2.24, 2.45) is 0 Å². The number of amides is 1. The molecule has 2 atom stereocenters. The quantitative estimate of drug-likeness (QED) is 0.718. The Morgan fingerprint density at radius 1 is 1.26 bits per heavy atom. The fourth-order valence-corrected chi connectivity index (χ4v) is 2.37. The van der Waals surface area contributed by atoms with Crippen molar-refractivity contribution in [3.8, 4) is 0 Å².